The van der Waals surface area contributed by atoms with Gasteiger partial charge in [0.05, 0.1) is 18.1 Å². The molecule has 176 valence electrons. The van der Waals surface area contributed by atoms with Crippen molar-refractivity contribution in [3.05, 3.63) is 51.4 Å². The molecular weight excluding hydrogens is 426 g/mol. The van der Waals surface area contributed by atoms with E-state index in [9.17, 15) is 14.4 Å². The number of benzene rings is 1. The van der Waals surface area contributed by atoms with Gasteiger partial charge in [-0.25, -0.2) is 9.78 Å². The summed E-state index contributed by atoms with van der Waals surface area (Å²) in [4.78, 5) is 41.3. The van der Waals surface area contributed by atoms with E-state index in [1.54, 1.807) is 11.6 Å². The SMILES string of the molecule is Cn1c(=O)c2c(ncn2CCCC(=O)Nc2ccccc2OCC2CCCCO2)n(C)c1=O. The van der Waals surface area contributed by atoms with Crippen molar-refractivity contribution in [1.29, 1.82) is 0 Å². The molecule has 0 bridgehead atoms. The number of anilines is 1. The summed E-state index contributed by atoms with van der Waals surface area (Å²) in [5.74, 6) is 0.467. The summed E-state index contributed by atoms with van der Waals surface area (Å²) in [5, 5.41) is 2.91. The van der Waals surface area contributed by atoms with Gasteiger partial charge in [0.25, 0.3) is 5.56 Å². The van der Waals surface area contributed by atoms with Gasteiger partial charge in [-0.05, 0) is 37.8 Å². The summed E-state index contributed by atoms with van der Waals surface area (Å²) >= 11 is 0. The summed E-state index contributed by atoms with van der Waals surface area (Å²) in [6.45, 7) is 1.65. The van der Waals surface area contributed by atoms with E-state index in [4.69, 9.17) is 9.47 Å². The molecule has 1 saturated heterocycles. The number of fused-ring (bicyclic) bond motifs is 1. The topological polar surface area (TPSA) is 109 Å². The van der Waals surface area contributed by atoms with Crippen LogP contribution < -0.4 is 21.3 Å². The van der Waals surface area contributed by atoms with E-state index in [0.29, 0.717) is 42.2 Å². The van der Waals surface area contributed by atoms with E-state index >= 15 is 0 Å². The molecule has 3 aromatic rings. The Morgan fingerprint density at radius 2 is 2.03 bits per heavy atom. The summed E-state index contributed by atoms with van der Waals surface area (Å²) in [6.07, 6.45) is 5.58. The van der Waals surface area contributed by atoms with Crippen LogP contribution in [0.1, 0.15) is 32.1 Å². The van der Waals surface area contributed by atoms with Gasteiger partial charge in [-0.15, -0.1) is 0 Å². The molecule has 1 aliphatic heterocycles. The van der Waals surface area contributed by atoms with Crippen LogP contribution in [0.15, 0.2) is 40.2 Å². The lowest BCUT2D eigenvalue weighted by atomic mass is 10.1. The molecule has 2 aromatic heterocycles. The van der Waals surface area contributed by atoms with Crippen molar-refractivity contribution in [3.8, 4) is 5.75 Å². The highest BCUT2D eigenvalue weighted by Gasteiger charge is 2.17. The quantitative estimate of drug-likeness (QED) is 0.555. The average molecular weight is 456 g/mol. The molecule has 0 spiro atoms. The van der Waals surface area contributed by atoms with Crippen LogP contribution in [0, 0.1) is 0 Å². The molecule has 1 unspecified atom stereocenters. The molecule has 10 heteroatoms. The third-order valence-electron chi connectivity index (χ3n) is 5.88. The number of nitrogens with one attached hydrogen (secondary N) is 1. The zero-order valence-electron chi connectivity index (χ0n) is 19.0. The standard InChI is InChI=1S/C23H29N5O5/c1-26-21-20(22(30)27(2)23(26)31)28(15-24-21)12-7-11-19(29)25-17-9-3-4-10-18(17)33-14-16-8-5-6-13-32-16/h3-4,9-10,15-16H,5-8,11-14H2,1-2H3,(H,25,29). The van der Waals surface area contributed by atoms with E-state index < -0.39 is 11.2 Å². The maximum absolute atomic E-state index is 12.6. The number of para-hydroxylation sites is 2. The first-order valence-electron chi connectivity index (χ1n) is 11.2. The minimum Gasteiger partial charge on any atom is -0.489 e. The number of hydrogen-bond donors (Lipinski definition) is 1. The van der Waals surface area contributed by atoms with Crippen LogP contribution in [0.5, 0.6) is 5.75 Å². The molecule has 1 fully saturated rings. The Kier molecular flexibility index (Phi) is 6.93. The van der Waals surface area contributed by atoms with E-state index in [0.717, 1.165) is 30.4 Å². The van der Waals surface area contributed by atoms with Gasteiger partial charge in [0, 0.05) is 33.7 Å². The Morgan fingerprint density at radius 3 is 2.82 bits per heavy atom. The van der Waals surface area contributed by atoms with Crippen molar-refractivity contribution in [1.82, 2.24) is 18.7 Å². The highest BCUT2D eigenvalue weighted by molar-refractivity contribution is 5.92. The Morgan fingerprint density at radius 1 is 1.21 bits per heavy atom. The zero-order valence-corrected chi connectivity index (χ0v) is 19.0. The zero-order chi connectivity index (χ0) is 23.4. The number of nitrogens with zero attached hydrogens (tertiary/aromatic N) is 4. The Labute approximate surface area is 190 Å². The molecule has 33 heavy (non-hydrogen) atoms. The predicted octanol–water partition coefficient (Wildman–Crippen LogP) is 1.80. The van der Waals surface area contributed by atoms with Crippen molar-refractivity contribution < 1.29 is 14.3 Å². The van der Waals surface area contributed by atoms with Gasteiger partial charge in [0.15, 0.2) is 11.2 Å². The summed E-state index contributed by atoms with van der Waals surface area (Å²) in [6, 6.07) is 7.35. The average Bonchev–Trinajstić information content (AvgIpc) is 3.25. The summed E-state index contributed by atoms with van der Waals surface area (Å²) < 4.78 is 15.7. The second kappa shape index (κ2) is 10.0. The monoisotopic (exact) mass is 455 g/mol. The normalized spacial score (nSPS) is 16.1. The lowest BCUT2D eigenvalue weighted by Gasteiger charge is -2.23. The van der Waals surface area contributed by atoms with Crippen molar-refractivity contribution in [2.45, 2.75) is 44.8 Å². The molecule has 4 rings (SSSR count). The van der Waals surface area contributed by atoms with Crippen molar-refractivity contribution in [2.24, 2.45) is 14.1 Å². The third-order valence-corrected chi connectivity index (χ3v) is 5.88. The number of rotatable bonds is 8. The van der Waals surface area contributed by atoms with E-state index in [-0.39, 0.29) is 18.4 Å². The first-order valence-corrected chi connectivity index (χ1v) is 11.2. The van der Waals surface area contributed by atoms with E-state index in [2.05, 4.69) is 10.3 Å². The van der Waals surface area contributed by atoms with E-state index in [1.165, 1.54) is 17.9 Å². The first kappa shape index (κ1) is 22.8. The fourth-order valence-corrected chi connectivity index (χ4v) is 4.01. The first-order chi connectivity index (χ1) is 16.0. The number of carbonyl (C=O) groups excluding carboxylic acids is 1. The number of imidazole rings is 1. The molecular formula is C23H29N5O5. The fourth-order valence-electron chi connectivity index (χ4n) is 4.01. The molecule has 1 aliphatic rings. The third kappa shape index (κ3) is 5.00. The number of carbonyl (C=O) groups is 1. The van der Waals surface area contributed by atoms with Gasteiger partial charge in [-0.2, -0.15) is 0 Å². The van der Waals surface area contributed by atoms with Crippen LogP contribution in [-0.4, -0.2) is 43.9 Å². The Balaban J connectivity index is 1.35. The molecule has 0 saturated carbocycles. The smallest absolute Gasteiger partial charge is 0.332 e. The van der Waals surface area contributed by atoms with Gasteiger partial charge >= 0.3 is 5.69 Å². The van der Waals surface area contributed by atoms with Crippen molar-refractivity contribution in [3.63, 3.8) is 0 Å². The van der Waals surface area contributed by atoms with Crippen molar-refractivity contribution >= 4 is 22.8 Å². The lowest BCUT2D eigenvalue weighted by Crippen LogP contribution is -2.37. The van der Waals surface area contributed by atoms with Gasteiger partial charge in [-0.1, -0.05) is 12.1 Å². The largest absolute Gasteiger partial charge is 0.489 e. The molecule has 0 radical (unpaired) electrons. The molecule has 1 N–H and O–H groups in total. The second-order valence-corrected chi connectivity index (χ2v) is 8.26. The van der Waals surface area contributed by atoms with Crippen LogP contribution in [0.25, 0.3) is 11.2 Å². The molecule has 1 atom stereocenters. The highest BCUT2D eigenvalue weighted by Crippen LogP contribution is 2.25. The summed E-state index contributed by atoms with van der Waals surface area (Å²) in [7, 11) is 3.02. The molecule has 0 aliphatic carbocycles. The van der Waals surface area contributed by atoms with Gasteiger partial charge in [0.1, 0.15) is 12.4 Å². The highest BCUT2D eigenvalue weighted by atomic mass is 16.5. The van der Waals surface area contributed by atoms with Crippen LogP contribution in [-0.2, 0) is 30.2 Å². The van der Waals surface area contributed by atoms with Gasteiger partial charge < -0.3 is 19.4 Å². The Hall–Kier alpha value is -3.40. The molecule has 1 amide bonds. The van der Waals surface area contributed by atoms with Crippen LogP contribution in [0.4, 0.5) is 5.69 Å². The predicted molar refractivity (Wildman–Crippen MR) is 124 cm³/mol. The van der Waals surface area contributed by atoms with Crippen LogP contribution >= 0.6 is 0 Å². The van der Waals surface area contributed by atoms with Gasteiger partial charge in [0.2, 0.25) is 5.91 Å². The maximum atomic E-state index is 12.6. The van der Waals surface area contributed by atoms with Crippen molar-refractivity contribution in [2.75, 3.05) is 18.5 Å². The number of aryl methyl sites for hydroxylation is 2. The summed E-state index contributed by atoms with van der Waals surface area (Å²) in [5.41, 5.74) is 0.482. The fraction of sp³-hybridized carbons (Fsp3) is 0.478. The number of hydrogen-bond acceptors (Lipinski definition) is 6. The minimum atomic E-state index is -0.423. The van der Waals surface area contributed by atoms with Gasteiger partial charge in [-0.3, -0.25) is 18.7 Å². The number of ether oxygens (including phenoxy) is 2. The molecule has 3 heterocycles. The van der Waals surface area contributed by atoms with E-state index in [1.807, 2.05) is 24.3 Å². The van der Waals surface area contributed by atoms with Crippen LogP contribution in [0.3, 0.4) is 0 Å². The molecule has 1 aromatic carbocycles. The minimum absolute atomic E-state index is 0.0831. The Bertz CT molecular complexity index is 1250. The second-order valence-electron chi connectivity index (χ2n) is 8.26. The maximum Gasteiger partial charge on any atom is 0.332 e. The number of aromatic nitrogens is 4. The molecule has 10 nitrogen and oxygen atoms in total. The lowest BCUT2D eigenvalue weighted by molar-refractivity contribution is -0.116. The van der Waals surface area contributed by atoms with Crippen LogP contribution in [0.2, 0.25) is 0 Å². The number of amides is 1.